The normalized spacial score (nSPS) is 18.0. The Labute approximate surface area is 280 Å². The van der Waals surface area contributed by atoms with Crippen LogP contribution in [0.3, 0.4) is 0 Å². The Balaban J connectivity index is 1.18. The summed E-state index contributed by atoms with van der Waals surface area (Å²) < 4.78 is 70.4. The minimum absolute atomic E-state index is 0.107. The van der Waals surface area contributed by atoms with Crippen molar-refractivity contribution in [2.24, 2.45) is 5.92 Å². The number of ether oxygens (including phenoxy) is 2. The van der Waals surface area contributed by atoms with E-state index in [2.05, 4.69) is 31.0 Å². The Morgan fingerprint density at radius 1 is 0.896 bits per heavy atom. The van der Waals surface area contributed by atoms with Crippen molar-refractivity contribution in [3.05, 3.63) is 36.7 Å². The highest BCUT2D eigenvalue weighted by atomic mass is 32.2. The molecule has 0 bridgehead atoms. The number of aromatic nitrogens is 6. The molecule has 0 aliphatic carbocycles. The minimum Gasteiger partial charge on any atom is -0.389 e. The number of anilines is 2. The largest absolute Gasteiger partial charge is 0.389 e. The smallest absolute Gasteiger partial charge is 0.244 e. The first-order valence-electron chi connectivity index (χ1n) is 16.0. The third kappa shape index (κ3) is 7.72. The summed E-state index contributed by atoms with van der Waals surface area (Å²) in [5.41, 5.74) is 0.978. The first kappa shape index (κ1) is 35.8. The van der Waals surface area contributed by atoms with Crippen LogP contribution in [0.25, 0.3) is 11.3 Å². The average molecular weight is 709 g/mol. The fraction of sp³-hybridized carbons (Fsp3) is 0.586. The van der Waals surface area contributed by atoms with E-state index >= 15 is 0 Å². The topological polar surface area (TPSA) is 198 Å². The number of aliphatic hydroxyl groups excluding tert-OH is 1. The van der Waals surface area contributed by atoms with Crippen LogP contribution in [0.5, 0.6) is 0 Å². The summed E-state index contributed by atoms with van der Waals surface area (Å²) in [4.78, 5) is 0.265. The number of pyridine rings is 2. The standard InChI is InChI=1S/C29H44N10O7S2/c1-5-36(6-2)47(41,42)24-8-10-27-33-35-29(39(27)17-24)31-16-23-14-21(19-46-23)12-13-37(7-3)48(43,44)25-9-11-26-32-34-28(38(26)18-25)30-15-22(40)20-45-4/h8-11,17-18,21-23,40H,5-7,12-16,19-20H2,1-4H3,(H,30,34)(H,31,35)/t21?,22?,23-/m1/s1. The van der Waals surface area contributed by atoms with Gasteiger partial charge in [0.1, 0.15) is 0 Å². The maximum atomic E-state index is 13.7. The highest BCUT2D eigenvalue weighted by Gasteiger charge is 2.30. The van der Waals surface area contributed by atoms with Gasteiger partial charge in [-0.2, -0.15) is 8.61 Å². The molecular weight excluding hydrogens is 665 g/mol. The van der Waals surface area contributed by atoms with Crippen LogP contribution >= 0.6 is 0 Å². The van der Waals surface area contributed by atoms with Crippen LogP contribution in [0.1, 0.15) is 33.6 Å². The van der Waals surface area contributed by atoms with Gasteiger partial charge in [-0.25, -0.2) is 16.8 Å². The second-order valence-corrected chi connectivity index (χ2v) is 15.4. The quantitative estimate of drug-likeness (QED) is 0.133. The molecule has 5 heterocycles. The Morgan fingerprint density at radius 3 is 2.02 bits per heavy atom. The molecule has 3 N–H and O–H groups in total. The van der Waals surface area contributed by atoms with E-state index in [1.807, 2.05) is 0 Å². The average Bonchev–Trinajstić information content (AvgIpc) is 3.81. The third-order valence-corrected chi connectivity index (χ3v) is 12.4. The van der Waals surface area contributed by atoms with Crippen molar-refractivity contribution in [3.63, 3.8) is 0 Å². The van der Waals surface area contributed by atoms with Gasteiger partial charge in [-0.3, -0.25) is 8.80 Å². The Morgan fingerprint density at radius 2 is 1.46 bits per heavy atom. The molecule has 0 saturated carbocycles. The molecule has 0 radical (unpaired) electrons. The summed E-state index contributed by atoms with van der Waals surface area (Å²) >= 11 is 0. The predicted octanol–water partition coefficient (Wildman–Crippen LogP) is 1.14. The maximum Gasteiger partial charge on any atom is 0.244 e. The molecule has 4 aromatic rings. The predicted molar refractivity (Wildman–Crippen MR) is 178 cm³/mol. The summed E-state index contributed by atoms with van der Waals surface area (Å²) in [6.45, 7) is 7.97. The van der Waals surface area contributed by atoms with Crippen LogP contribution < -0.4 is 10.6 Å². The molecule has 2 unspecified atom stereocenters. The van der Waals surface area contributed by atoms with E-state index in [0.717, 1.165) is 6.42 Å². The van der Waals surface area contributed by atoms with E-state index in [0.29, 0.717) is 68.9 Å². The van der Waals surface area contributed by atoms with Crippen molar-refractivity contribution in [2.75, 3.05) is 70.2 Å². The number of nitrogens with one attached hydrogen (secondary N) is 2. The van der Waals surface area contributed by atoms with Gasteiger partial charge in [0.05, 0.1) is 28.6 Å². The second-order valence-electron chi connectivity index (χ2n) is 11.5. The lowest BCUT2D eigenvalue weighted by atomic mass is 10.0. The SMILES string of the molecule is CCN(CC)S(=O)(=O)c1ccc2nnc(NC[C@H]3CC(CCN(CC)S(=O)(=O)c4ccc5nnc(NCC(O)COC)n5c4)CO3)n2c1. The number of hydrogen-bond donors (Lipinski definition) is 3. The van der Waals surface area contributed by atoms with Gasteiger partial charge >= 0.3 is 0 Å². The molecular formula is C29H44N10O7S2. The van der Waals surface area contributed by atoms with E-state index in [1.54, 1.807) is 41.7 Å². The lowest BCUT2D eigenvalue weighted by molar-refractivity contribution is 0.0726. The molecule has 19 heteroatoms. The van der Waals surface area contributed by atoms with Crippen LogP contribution in [-0.4, -0.2) is 132 Å². The molecule has 17 nitrogen and oxygen atoms in total. The van der Waals surface area contributed by atoms with E-state index in [-0.39, 0.29) is 35.0 Å². The number of aliphatic hydroxyl groups is 1. The van der Waals surface area contributed by atoms with Gasteiger partial charge in [0.2, 0.25) is 31.9 Å². The number of sulfonamides is 2. The first-order valence-corrected chi connectivity index (χ1v) is 18.9. The maximum absolute atomic E-state index is 13.7. The molecule has 0 spiro atoms. The minimum atomic E-state index is -3.82. The van der Waals surface area contributed by atoms with E-state index in [1.165, 1.54) is 40.2 Å². The molecule has 4 aromatic heterocycles. The lowest BCUT2D eigenvalue weighted by Gasteiger charge is -2.22. The zero-order chi connectivity index (χ0) is 34.5. The molecule has 1 aliphatic rings. The third-order valence-electron chi connectivity index (χ3n) is 8.38. The lowest BCUT2D eigenvalue weighted by Crippen LogP contribution is -2.33. The van der Waals surface area contributed by atoms with Gasteiger partial charge in [0.25, 0.3) is 0 Å². The van der Waals surface area contributed by atoms with Crippen molar-refractivity contribution in [1.82, 2.24) is 37.8 Å². The summed E-state index contributed by atoms with van der Waals surface area (Å²) in [6, 6.07) is 6.27. The van der Waals surface area contributed by atoms with Crippen LogP contribution in [0.4, 0.5) is 11.9 Å². The van der Waals surface area contributed by atoms with Crippen molar-refractivity contribution < 1.29 is 31.4 Å². The summed E-state index contributed by atoms with van der Waals surface area (Å²) in [5.74, 6) is 0.871. The molecule has 0 amide bonds. The molecule has 1 fully saturated rings. The monoisotopic (exact) mass is 708 g/mol. The number of methoxy groups -OCH3 is 1. The van der Waals surface area contributed by atoms with Gasteiger partial charge < -0.3 is 25.2 Å². The molecule has 0 aromatic carbocycles. The van der Waals surface area contributed by atoms with E-state index in [9.17, 15) is 21.9 Å². The Bertz CT molecular complexity index is 1900. The second kappa shape index (κ2) is 15.4. The van der Waals surface area contributed by atoms with Crippen LogP contribution in [-0.2, 0) is 29.5 Å². The number of hydrogen-bond acceptors (Lipinski definition) is 13. The summed E-state index contributed by atoms with van der Waals surface area (Å²) in [6.07, 6.45) is 3.44. The molecule has 3 atom stereocenters. The Hall–Kier alpha value is -3.46. The van der Waals surface area contributed by atoms with Crippen LogP contribution in [0.2, 0.25) is 0 Å². The summed E-state index contributed by atoms with van der Waals surface area (Å²) in [5, 5.41) is 32.7. The van der Waals surface area contributed by atoms with Crippen LogP contribution in [0, 0.1) is 5.92 Å². The van der Waals surface area contributed by atoms with Gasteiger partial charge in [0, 0.05) is 65.4 Å². The zero-order valence-electron chi connectivity index (χ0n) is 27.6. The zero-order valence-corrected chi connectivity index (χ0v) is 29.2. The summed E-state index contributed by atoms with van der Waals surface area (Å²) in [7, 11) is -5.98. The Kier molecular flexibility index (Phi) is 11.5. The van der Waals surface area contributed by atoms with Gasteiger partial charge in [-0.1, -0.05) is 20.8 Å². The number of nitrogens with zero attached hydrogens (tertiary/aromatic N) is 8. The highest BCUT2D eigenvalue weighted by molar-refractivity contribution is 7.89. The van der Waals surface area contributed by atoms with E-state index in [4.69, 9.17) is 9.47 Å². The van der Waals surface area contributed by atoms with Crippen molar-refractivity contribution in [3.8, 4) is 0 Å². The first-order chi connectivity index (χ1) is 23.0. The van der Waals surface area contributed by atoms with Gasteiger partial charge in [0.15, 0.2) is 11.3 Å². The van der Waals surface area contributed by atoms with Crippen molar-refractivity contribution >= 4 is 43.2 Å². The molecule has 48 heavy (non-hydrogen) atoms. The number of fused-ring (bicyclic) bond motifs is 2. The van der Waals surface area contributed by atoms with Crippen molar-refractivity contribution in [2.45, 2.75) is 55.6 Å². The number of rotatable bonds is 18. The fourth-order valence-electron chi connectivity index (χ4n) is 5.71. The van der Waals surface area contributed by atoms with Crippen LogP contribution in [0.15, 0.2) is 46.5 Å². The van der Waals surface area contributed by atoms with Crippen molar-refractivity contribution in [1.29, 1.82) is 0 Å². The van der Waals surface area contributed by atoms with Gasteiger partial charge in [-0.05, 0) is 43.0 Å². The fourth-order valence-corrected chi connectivity index (χ4v) is 8.63. The molecule has 1 saturated heterocycles. The molecule has 264 valence electrons. The molecule has 1 aliphatic heterocycles. The van der Waals surface area contributed by atoms with Gasteiger partial charge in [-0.15, -0.1) is 20.4 Å². The highest BCUT2D eigenvalue weighted by Crippen LogP contribution is 2.26. The molecule has 5 rings (SSSR count). The van der Waals surface area contributed by atoms with E-state index < -0.39 is 26.2 Å².